The number of nitrogens with zero attached hydrogens (tertiary/aromatic N) is 2. The molecule has 0 spiro atoms. The fourth-order valence-corrected chi connectivity index (χ4v) is 3.21. The number of carbonyl (C=O) groups is 1. The Morgan fingerprint density at radius 1 is 1.24 bits per heavy atom. The van der Waals surface area contributed by atoms with Gasteiger partial charge in [0.2, 0.25) is 5.91 Å². The average Bonchev–Trinajstić information content (AvgIpc) is 2.89. The highest BCUT2D eigenvalue weighted by Gasteiger charge is 2.22. The minimum atomic E-state index is -3.63. The zero-order valence-corrected chi connectivity index (χ0v) is 12.7. The molecule has 0 fully saturated rings. The number of aromatic nitrogens is 2. The Morgan fingerprint density at radius 3 is 2.48 bits per heavy atom. The quantitative estimate of drug-likeness (QED) is 0.880. The SMILES string of the molecule is Cc1cc(NC(=O)CS(=O)(=O)Cc2c(C)noc2C)no1. The maximum absolute atomic E-state index is 12.0. The summed E-state index contributed by atoms with van der Waals surface area (Å²) in [6.07, 6.45) is 0. The Bertz CT molecular complexity index is 740. The van der Waals surface area contributed by atoms with E-state index in [1.54, 1.807) is 20.8 Å². The van der Waals surface area contributed by atoms with Crippen molar-refractivity contribution in [2.75, 3.05) is 11.1 Å². The number of carbonyl (C=O) groups excluding carboxylic acids is 1. The van der Waals surface area contributed by atoms with E-state index in [0.717, 1.165) is 0 Å². The van der Waals surface area contributed by atoms with Crippen LogP contribution in [-0.2, 0) is 20.4 Å². The lowest BCUT2D eigenvalue weighted by Crippen LogP contribution is -2.24. The molecule has 1 amide bonds. The first-order valence-corrected chi connectivity index (χ1v) is 7.94. The first-order chi connectivity index (χ1) is 9.77. The number of rotatable bonds is 5. The largest absolute Gasteiger partial charge is 0.361 e. The monoisotopic (exact) mass is 313 g/mol. The van der Waals surface area contributed by atoms with Crippen LogP contribution in [-0.4, -0.2) is 30.4 Å². The molecule has 0 aliphatic rings. The molecule has 1 N–H and O–H groups in total. The van der Waals surface area contributed by atoms with Gasteiger partial charge in [-0.15, -0.1) is 0 Å². The van der Waals surface area contributed by atoms with Gasteiger partial charge in [-0.2, -0.15) is 0 Å². The Morgan fingerprint density at radius 2 is 1.95 bits per heavy atom. The molecule has 0 aliphatic carbocycles. The van der Waals surface area contributed by atoms with Gasteiger partial charge in [-0.25, -0.2) is 8.42 Å². The van der Waals surface area contributed by atoms with Gasteiger partial charge in [0, 0.05) is 11.6 Å². The Balaban J connectivity index is 2.02. The smallest absolute Gasteiger partial charge is 0.240 e. The second-order valence-electron chi connectivity index (χ2n) is 4.71. The Labute approximate surface area is 121 Å². The van der Waals surface area contributed by atoms with Crippen LogP contribution in [0.25, 0.3) is 0 Å². The topological polar surface area (TPSA) is 115 Å². The number of nitrogens with one attached hydrogen (secondary N) is 1. The van der Waals surface area contributed by atoms with E-state index in [1.807, 2.05) is 0 Å². The van der Waals surface area contributed by atoms with Crippen LogP contribution in [0, 0.1) is 20.8 Å². The summed E-state index contributed by atoms with van der Waals surface area (Å²) in [4.78, 5) is 11.7. The second-order valence-corrected chi connectivity index (χ2v) is 6.77. The van der Waals surface area contributed by atoms with Crippen molar-refractivity contribution in [3.05, 3.63) is 28.8 Å². The van der Waals surface area contributed by atoms with Crippen LogP contribution in [0.2, 0.25) is 0 Å². The Hall–Kier alpha value is -2.16. The molecule has 114 valence electrons. The van der Waals surface area contributed by atoms with E-state index >= 15 is 0 Å². The molecule has 0 radical (unpaired) electrons. The summed E-state index contributed by atoms with van der Waals surface area (Å²) in [6, 6.07) is 1.50. The summed E-state index contributed by atoms with van der Waals surface area (Å²) in [5.74, 6) is -0.477. The normalized spacial score (nSPS) is 11.6. The number of sulfone groups is 1. The van der Waals surface area contributed by atoms with E-state index in [2.05, 4.69) is 15.6 Å². The van der Waals surface area contributed by atoms with Crippen molar-refractivity contribution in [3.8, 4) is 0 Å². The maximum Gasteiger partial charge on any atom is 0.240 e. The highest BCUT2D eigenvalue weighted by atomic mass is 32.2. The van der Waals surface area contributed by atoms with E-state index < -0.39 is 21.5 Å². The molecule has 9 heteroatoms. The van der Waals surface area contributed by atoms with E-state index in [9.17, 15) is 13.2 Å². The number of anilines is 1. The summed E-state index contributed by atoms with van der Waals surface area (Å²) in [7, 11) is -3.63. The number of hydrogen-bond acceptors (Lipinski definition) is 7. The lowest BCUT2D eigenvalue weighted by molar-refractivity contribution is -0.113. The van der Waals surface area contributed by atoms with E-state index in [-0.39, 0.29) is 11.6 Å². The average molecular weight is 313 g/mol. The fourth-order valence-electron chi connectivity index (χ4n) is 1.78. The molecule has 2 aromatic rings. The molecule has 0 aromatic carbocycles. The summed E-state index contributed by atoms with van der Waals surface area (Å²) >= 11 is 0. The third-order valence-corrected chi connectivity index (χ3v) is 4.22. The molecular weight excluding hydrogens is 298 g/mol. The molecule has 0 aliphatic heterocycles. The Kier molecular flexibility index (Phi) is 4.12. The third kappa shape index (κ3) is 3.91. The van der Waals surface area contributed by atoms with Gasteiger partial charge in [0.1, 0.15) is 17.3 Å². The van der Waals surface area contributed by atoms with Crippen LogP contribution in [0.5, 0.6) is 0 Å². The summed E-state index contributed by atoms with van der Waals surface area (Å²) in [5.41, 5.74) is 0.990. The van der Waals surface area contributed by atoms with Gasteiger partial charge >= 0.3 is 0 Å². The lowest BCUT2D eigenvalue weighted by atomic mass is 10.2. The minimum Gasteiger partial charge on any atom is -0.361 e. The van der Waals surface area contributed by atoms with Crippen molar-refractivity contribution in [1.29, 1.82) is 0 Å². The van der Waals surface area contributed by atoms with Gasteiger partial charge < -0.3 is 14.4 Å². The predicted molar refractivity (Wildman–Crippen MR) is 73.3 cm³/mol. The van der Waals surface area contributed by atoms with Crippen LogP contribution in [0.1, 0.15) is 22.8 Å². The number of amides is 1. The molecule has 0 bridgehead atoms. The number of aryl methyl sites for hydroxylation is 3. The fraction of sp³-hybridized carbons (Fsp3) is 0.417. The van der Waals surface area contributed by atoms with Crippen molar-refractivity contribution in [2.24, 2.45) is 0 Å². The molecule has 0 saturated carbocycles. The second kappa shape index (κ2) is 5.68. The summed E-state index contributed by atoms with van der Waals surface area (Å²) in [5, 5.41) is 9.62. The maximum atomic E-state index is 12.0. The van der Waals surface area contributed by atoms with Gasteiger partial charge in [0.15, 0.2) is 15.7 Å². The third-order valence-electron chi connectivity index (χ3n) is 2.79. The molecule has 0 saturated heterocycles. The first kappa shape index (κ1) is 15.2. The molecule has 2 rings (SSSR count). The van der Waals surface area contributed by atoms with Gasteiger partial charge in [0.25, 0.3) is 0 Å². The molecule has 2 heterocycles. The zero-order valence-electron chi connectivity index (χ0n) is 11.8. The van der Waals surface area contributed by atoms with Crippen molar-refractivity contribution in [1.82, 2.24) is 10.3 Å². The molecule has 0 atom stereocenters. The van der Waals surface area contributed by atoms with Crippen LogP contribution < -0.4 is 5.32 Å². The summed E-state index contributed by atoms with van der Waals surface area (Å²) in [6.45, 7) is 4.94. The molecule has 8 nitrogen and oxygen atoms in total. The van der Waals surface area contributed by atoms with Crippen molar-refractivity contribution in [2.45, 2.75) is 26.5 Å². The van der Waals surface area contributed by atoms with Gasteiger partial charge in [0.05, 0.1) is 11.4 Å². The zero-order chi connectivity index (χ0) is 15.6. The number of hydrogen-bond donors (Lipinski definition) is 1. The van der Waals surface area contributed by atoms with E-state index in [4.69, 9.17) is 9.05 Å². The van der Waals surface area contributed by atoms with E-state index in [0.29, 0.717) is 22.8 Å². The van der Waals surface area contributed by atoms with Gasteiger partial charge in [-0.3, -0.25) is 4.79 Å². The van der Waals surface area contributed by atoms with E-state index in [1.165, 1.54) is 6.07 Å². The van der Waals surface area contributed by atoms with Gasteiger partial charge in [-0.05, 0) is 20.8 Å². The minimum absolute atomic E-state index is 0.185. The van der Waals surface area contributed by atoms with Crippen LogP contribution in [0.3, 0.4) is 0 Å². The van der Waals surface area contributed by atoms with Crippen molar-refractivity contribution >= 4 is 21.6 Å². The molecular formula is C12H15N3O5S. The standard InChI is InChI=1S/C12H15N3O5S/c1-7-4-11(15-19-7)13-12(16)6-21(17,18)5-10-8(2)14-20-9(10)3/h4H,5-6H2,1-3H3,(H,13,15,16). The van der Waals surface area contributed by atoms with Gasteiger partial charge in [-0.1, -0.05) is 10.3 Å². The first-order valence-electron chi connectivity index (χ1n) is 6.12. The highest BCUT2D eigenvalue weighted by molar-refractivity contribution is 7.91. The highest BCUT2D eigenvalue weighted by Crippen LogP contribution is 2.16. The van der Waals surface area contributed by atoms with Crippen LogP contribution in [0.4, 0.5) is 5.82 Å². The summed E-state index contributed by atoms with van der Waals surface area (Å²) < 4.78 is 33.8. The predicted octanol–water partition coefficient (Wildman–Crippen LogP) is 1.14. The molecule has 21 heavy (non-hydrogen) atoms. The molecule has 0 unspecified atom stereocenters. The van der Waals surface area contributed by atoms with Crippen molar-refractivity contribution in [3.63, 3.8) is 0 Å². The lowest BCUT2D eigenvalue weighted by Gasteiger charge is -2.04. The van der Waals surface area contributed by atoms with Crippen molar-refractivity contribution < 1.29 is 22.3 Å². The van der Waals surface area contributed by atoms with Crippen LogP contribution in [0.15, 0.2) is 15.1 Å². The molecule has 2 aromatic heterocycles. The van der Waals surface area contributed by atoms with Crippen LogP contribution >= 0.6 is 0 Å².